The fraction of sp³-hybridized carbons (Fsp3) is 0.0667. The molecule has 3 rings (SSSR count). The normalized spacial score (nSPS) is 10.7. The van der Waals surface area contributed by atoms with Gasteiger partial charge in [-0.05, 0) is 35.9 Å². The van der Waals surface area contributed by atoms with Crippen LogP contribution in [0.1, 0.15) is 5.56 Å². The van der Waals surface area contributed by atoms with Gasteiger partial charge in [0.2, 0.25) is 0 Å². The van der Waals surface area contributed by atoms with Crippen molar-refractivity contribution in [3.8, 4) is 5.75 Å². The Hall–Kier alpha value is -3.02. The fourth-order valence-corrected chi connectivity index (χ4v) is 2.10. The maximum absolute atomic E-state index is 11.3. The van der Waals surface area contributed by atoms with Gasteiger partial charge < -0.3 is 20.4 Å². The van der Waals surface area contributed by atoms with Crippen LogP contribution in [0.15, 0.2) is 52.1 Å². The minimum atomic E-state index is -0.673. The molecule has 0 amide bonds. The molecular formula is C15H13N3O3. The molecule has 0 spiro atoms. The van der Waals surface area contributed by atoms with E-state index in [9.17, 15) is 14.7 Å². The molecule has 0 bridgehead atoms. The van der Waals surface area contributed by atoms with E-state index in [0.717, 1.165) is 11.3 Å². The Morgan fingerprint density at radius 1 is 0.952 bits per heavy atom. The second kappa shape index (κ2) is 5.16. The molecule has 2 aromatic carbocycles. The zero-order valence-corrected chi connectivity index (χ0v) is 11.0. The van der Waals surface area contributed by atoms with Gasteiger partial charge in [0.1, 0.15) is 5.75 Å². The number of H-pyrrole nitrogens is 2. The third-order valence-corrected chi connectivity index (χ3v) is 3.13. The van der Waals surface area contributed by atoms with Gasteiger partial charge in [-0.25, -0.2) is 0 Å². The molecule has 0 aliphatic carbocycles. The lowest BCUT2D eigenvalue weighted by Gasteiger charge is -2.08. The number of rotatable bonds is 3. The van der Waals surface area contributed by atoms with Gasteiger partial charge in [0, 0.05) is 12.2 Å². The van der Waals surface area contributed by atoms with E-state index in [0.29, 0.717) is 17.6 Å². The minimum absolute atomic E-state index is 0.217. The van der Waals surface area contributed by atoms with Gasteiger partial charge in [-0.1, -0.05) is 12.1 Å². The highest BCUT2D eigenvalue weighted by molar-refractivity contribution is 5.78. The van der Waals surface area contributed by atoms with Crippen molar-refractivity contribution in [3.63, 3.8) is 0 Å². The van der Waals surface area contributed by atoms with Gasteiger partial charge in [0.05, 0.1) is 11.0 Å². The van der Waals surface area contributed by atoms with Crippen molar-refractivity contribution in [2.75, 3.05) is 5.32 Å². The van der Waals surface area contributed by atoms with Crippen LogP contribution in [0.3, 0.4) is 0 Å². The molecule has 0 saturated heterocycles. The summed E-state index contributed by atoms with van der Waals surface area (Å²) >= 11 is 0. The number of hydrogen-bond donors (Lipinski definition) is 4. The molecule has 1 heterocycles. The fourth-order valence-electron chi connectivity index (χ4n) is 2.10. The number of phenolic OH excluding ortho intramolecular Hbond substituents is 1. The summed E-state index contributed by atoms with van der Waals surface area (Å²) in [6.07, 6.45) is 0. The Balaban J connectivity index is 1.86. The maximum Gasteiger partial charge on any atom is 0.314 e. The summed E-state index contributed by atoms with van der Waals surface area (Å²) in [5, 5.41) is 12.6. The van der Waals surface area contributed by atoms with Crippen LogP contribution in [0.5, 0.6) is 5.75 Å². The van der Waals surface area contributed by atoms with E-state index in [1.807, 2.05) is 6.07 Å². The van der Waals surface area contributed by atoms with Crippen LogP contribution < -0.4 is 16.4 Å². The van der Waals surface area contributed by atoms with Crippen molar-refractivity contribution in [1.29, 1.82) is 0 Å². The zero-order valence-electron chi connectivity index (χ0n) is 11.0. The van der Waals surface area contributed by atoms with E-state index in [1.54, 1.807) is 36.4 Å². The van der Waals surface area contributed by atoms with Gasteiger partial charge in [-0.2, -0.15) is 0 Å². The molecule has 0 aliphatic heterocycles. The zero-order chi connectivity index (χ0) is 14.8. The molecule has 0 fully saturated rings. The van der Waals surface area contributed by atoms with Crippen LogP contribution in [-0.2, 0) is 6.54 Å². The number of phenols is 1. The lowest BCUT2D eigenvalue weighted by molar-refractivity contribution is 0.474. The number of nitrogens with one attached hydrogen (secondary N) is 3. The first-order valence-electron chi connectivity index (χ1n) is 6.40. The molecule has 21 heavy (non-hydrogen) atoms. The first-order valence-corrected chi connectivity index (χ1v) is 6.40. The Bertz CT molecular complexity index is 912. The first kappa shape index (κ1) is 13.0. The molecule has 1 aromatic heterocycles. The molecule has 0 radical (unpaired) electrons. The second-order valence-corrected chi connectivity index (χ2v) is 4.69. The van der Waals surface area contributed by atoms with E-state index < -0.39 is 11.1 Å². The number of fused-ring (bicyclic) bond motifs is 1. The summed E-state index contributed by atoms with van der Waals surface area (Å²) in [6, 6.07) is 12.2. The summed E-state index contributed by atoms with van der Waals surface area (Å²) in [4.78, 5) is 27.6. The van der Waals surface area contributed by atoms with Crippen molar-refractivity contribution in [3.05, 3.63) is 68.7 Å². The van der Waals surface area contributed by atoms with Gasteiger partial charge in [0.25, 0.3) is 0 Å². The Morgan fingerprint density at radius 2 is 1.71 bits per heavy atom. The summed E-state index contributed by atoms with van der Waals surface area (Å²) < 4.78 is 0. The monoisotopic (exact) mass is 283 g/mol. The predicted molar refractivity (Wildman–Crippen MR) is 80.6 cm³/mol. The molecular weight excluding hydrogens is 270 g/mol. The van der Waals surface area contributed by atoms with Gasteiger partial charge in [-0.15, -0.1) is 0 Å². The average molecular weight is 283 g/mol. The van der Waals surface area contributed by atoms with Crippen LogP contribution >= 0.6 is 0 Å². The molecule has 0 saturated carbocycles. The predicted octanol–water partition coefficient (Wildman–Crippen LogP) is 1.53. The molecule has 0 aliphatic rings. The number of aromatic amines is 2. The highest BCUT2D eigenvalue weighted by Gasteiger charge is 2.01. The van der Waals surface area contributed by atoms with Gasteiger partial charge in [-0.3, -0.25) is 9.59 Å². The van der Waals surface area contributed by atoms with Crippen LogP contribution in [0, 0.1) is 0 Å². The van der Waals surface area contributed by atoms with Crippen LogP contribution in [0.4, 0.5) is 5.69 Å². The van der Waals surface area contributed by atoms with Crippen LogP contribution in [-0.4, -0.2) is 15.1 Å². The standard InChI is InChI=1S/C15H13N3O3/c19-11-3-1-2-9(6-11)8-16-10-4-5-12-13(7-10)18-15(21)14(20)17-12/h1-7,16,19H,8H2,(H,17,20)(H,18,21). The van der Waals surface area contributed by atoms with Crippen LogP contribution in [0.2, 0.25) is 0 Å². The molecule has 0 atom stereocenters. The van der Waals surface area contributed by atoms with E-state index in [1.165, 1.54) is 0 Å². The smallest absolute Gasteiger partial charge is 0.314 e. The van der Waals surface area contributed by atoms with Crippen molar-refractivity contribution in [2.45, 2.75) is 6.54 Å². The molecule has 6 heteroatoms. The molecule has 3 aromatic rings. The average Bonchev–Trinajstić information content (AvgIpc) is 2.46. The number of aromatic nitrogens is 2. The summed E-state index contributed by atoms with van der Waals surface area (Å²) in [5.74, 6) is 0.217. The van der Waals surface area contributed by atoms with E-state index in [-0.39, 0.29) is 5.75 Å². The summed E-state index contributed by atoms with van der Waals surface area (Å²) in [6.45, 7) is 0.535. The minimum Gasteiger partial charge on any atom is -0.508 e. The third kappa shape index (κ3) is 2.79. The third-order valence-electron chi connectivity index (χ3n) is 3.13. The topological polar surface area (TPSA) is 98.0 Å². The van der Waals surface area contributed by atoms with Crippen molar-refractivity contribution >= 4 is 16.7 Å². The molecule has 6 nitrogen and oxygen atoms in total. The largest absolute Gasteiger partial charge is 0.508 e. The molecule has 106 valence electrons. The van der Waals surface area contributed by atoms with E-state index in [4.69, 9.17) is 0 Å². The van der Waals surface area contributed by atoms with Crippen LogP contribution in [0.25, 0.3) is 11.0 Å². The lowest BCUT2D eigenvalue weighted by Crippen LogP contribution is -2.28. The Morgan fingerprint density at radius 3 is 2.48 bits per heavy atom. The second-order valence-electron chi connectivity index (χ2n) is 4.69. The summed E-state index contributed by atoms with van der Waals surface area (Å²) in [5.41, 5.74) is 1.53. The van der Waals surface area contributed by atoms with Crippen molar-refractivity contribution < 1.29 is 5.11 Å². The first-order chi connectivity index (χ1) is 10.1. The molecule has 0 unspecified atom stereocenters. The lowest BCUT2D eigenvalue weighted by atomic mass is 10.2. The number of hydrogen-bond acceptors (Lipinski definition) is 4. The molecule has 4 N–H and O–H groups in total. The van der Waals surface area contributed by atoms with Crippen molar-refractivity contribution in [2.24, 2.45) is 0 Å². The van der Waals surface area contributed by atoms with Gasteiger partial charge >= 0.3 is 11.1 Å². The quantitative estimate of drug-likeness (QED) is 0.548. The Kier molecular flexibility index (Phi) is 3.19. The Labute approximate surface area is 119 Å². The van der Waals surface area contributed by atoms with E-state index >= 15 is 0 Å². The van der Waals surface area contributed by atoms with E-state index in [2.05, 4.69) is 15.3 Å². The van der Waals surface area contributed by atoms with Gasteiger partial charge in [0.15, 0.2) is 0 Å². The summed E-state index contributed by atoms with van der Waals surface area (Å²) in [7, 11) is 0. The highest BCUT2D eigenvalue weighted by Crippen LogP contribution is 2.16. The van der Waals surface area contributed by atoms with Crippen molar-refractivity contribution in [1.82, 2.24) is 9.97 Å². The number of aromatic hydroxyl groups is 1. The maximum atomic E-state index is 11.3. The SMILES string of the molecule is O=c1[nH]c2ccc(NCc3cccc(O)c3)cc2[nH]c1=O. The number of benzene rings is 2. The number of anilines is 1. The highest BCUT2D eigenvalue weighted by atomic mass is 16.3.